The van der Waals surface area contributed by atoms with Crippen LogP contribution in [0.1, 0.15) is 47.7 Å². The number of hydrogen-bond acceptors (Lipinski definition) is 3. The van der Waals surface area contributed by atoms with Crippen LogP contribution in [-0.4, -0.2) is 15.3 Å². The molecular weight excluding hydrogens is 465 g/mol. The second-order valence-electron chi connectivity index (χ2n) is 9.03. The molecular formula is C31H28FN3O2. The Morgan fingerprint density at radius 1 is 0.946 bits per heavy atom. The lowest BCUT2D eigenvalue weighted by Crippen LogP contribution is -2.28. The SMILES string of the molecule is C[C@@H](NC(=O)C[C@@H](c1cccc(F)c1)c1cnc2c(OCc3ccccc3)cccn12)c1ccccc1. The number of ether oxygens (including phenoxy) is 1. The van der Waals surface area contributed by atoms with Crippen LogP contribution in [0.4, 0.5) is 4.39 Å². The summed E-state index contributed by atoms with van der Waals surface area (Å²) in [5.41, 5.74) is 4.22. The fourth-order valence-corrected chi connectivity index (χ4v) is 4.54. The Balaban J connectivity index is 1.43. The van der Waals surface area contributed by atoms with Gasteiger partial charge in [-0.25, -0.2) is 9.37 Å². The number of pyridine rings is 1. The fraction of sp³-hybridized carbons (Fsp3) is 0.161. The quantitative estimate of drug-likeness (QED) is 0.257. The molecule has 5 aromatic rings. The third-order valence-electron chi connectivity index (χ3n) is 6.44. The van der Waals surface area contributed by atoms with Gasteiger partial charge in [-0.1, -0.05) is 72.8 Å². The molecule has 0 saturated heterocycles. The molecule has 0 spiro atoms. The second kappa shape index (κ2) is 11.1. The second-order valence-corrected chi connectivity index (χ2v) is 9.03. The van der Waals surface area contributed by atoms with E-state index >= 15 is 0 Å². The number of imidazole rings is 1. The van der Waals surface area contributed by atoms with Crippen LogP contribution in [0.5, 0.6) is 5.75 Å². The normalized spacial score (nSPS) is 12.7. The molecule has 2 aromatic heterocycles. The number of fused-ring (bicyclic) bond motifs is 1. The molecule has 0 aliphatic heterocycles. The predicted molar refractivity (Wildman–Crippen MR) is 142 cm³/mol. The highest BCUT2D eigenvalue weighted by Crippen LogP contribution is 2.32. The Kier molecular flexibility index (Phi) is 7.26. The molecule has 0 radical (unpaired) electrons. The van der Waals surface area contributed by atoms with Gasteiger partial charge in [-0.15, -0.1) is 0 Å². The van der Waals surface area contributed by atoms with Crippen molar-refractivity contribution in [2.45, 2.75) is 31.9 Å². The summed E-state index contributed by atoms with van der Waals surface area (Å²) in [6, 6.07) is 29.7. The highest BCUT2D eigenvalue weighted by Gasteiger charge is 2.24. The summed E-state index contributed by atoms with van der Waals surface area (Å²) in [5.74, 6) is -0.242. The monoisotopic (exact) mass is 493 g/mol. The predicted octanol–water partition coefficient (Wildman–Crippen LogP) is 6.45. The maximum Gasteiger partial charge on any atom is 0.221 e. The first-order valence-electron chi connectivity index (χ1n) is 12.3. The molecule has 186 valence electrons. The smallest absolute Gasteiger partial charge is 0.221 e. The summed E-state index contributed by atoms with van der Waals surface area (Å²) in [6.07, 6.45) is 3.78. The third kappa shape index (κ3) is 5.70. The van der Waals surface area contributed by atoms with Crippen molar-refractivity contribution in [2.24, 2.45) is 0 Å². The van der Waals surface area contributed by atoms with Crippen molar-refractivity contribution >= 4 is 11.6 Å². The molecule has 0 aliphatic carbocycles. The summed E-state index contributed by atoms with van der Waals surface area (Å²) in [6.45, 7) is 2.37. The number of halogens is 1. The highest BCUT2D eigenvalue weighted by molar-refractivity contribution is 5.78. The van der Waals surface area contributed by atoms with E-state index < -0.39 is 5.92 Å². The number of carbonyl (C=O) groups excluding carboxylic acids is 1. The van der Waals surface area contributed by atoms with Crippen LogP contribution in [0.25, 0.3) is 5.65 Å². The first-order valence-corrected chi connectivity index (χ1v) is 12.3. The van der Waals surface area contributed by atoms with Crippen LogP contribution in [0, 0.1) is 5.82 Å². The van der Waals surface area contributed by atoms with Crippen molar-refractivity contribution in [1.82, 2.24) is 14.7 Å². The number of benzene rings is 3. The maximum atomic E-state index is 14.2. The van der Waals surface area contributed by atoms with Gasteiger partial charge in [0.05, 0.1) is 11.7 Å². The summed E-state index contributed by atoms with van der Waals surface area (Å²) in [4.78, 5) is 17.8. The number of carbonyl (C=O) groups is 1. The molecule has 5 rings (SSSR count). The van der Waals surface area contributed by atoms with Gasteiger partial charge in [0, 0.05) is 24.7 Å². The zero-order valence-electron chi connectivity index (χ0n) is 20.6. The molecule has 0 fully saturated rings. The van der Waals surface area contributed by atoms with Gasteiger partial charge in [0.1, 0.15) is 12.4 Å². The van der Waals surface area contributed by atoms with E-state index in [1.54, 1.807) is 12.3 Å². The first-order chi connectivity index (χ1) is 18.1. The average molecular weight is 494 g/mol. The molecule has 1 amide bonds. The lowest BCUT2D eigenvalue weighted by atomic mass is 9.92. The van der Waals surface area contributed by atoms with Gasteiger partial charge in [-0.3, -0.25) is 4.79 Å². The molecule has 0 bridgehead atoms. The van der Waals surface area contributed by atoms with Crippen molar-refractivity contribution < 1.29 is 13.9 Å². The highest BCUT2D eigenvalue weighted by atomic mass is 19.1. The van der Waals surface area contributed by atoms with Gasteiger partial charge in [0.25, 0.3) is 0 Å². The summed E-state index contributed by atoms with van der Waals surface area (Å²) in [7, 11) is 0. The first kappa shape index (κ1) is 24.3. The van der Waals surface area contributed by atoms with Crippen LogP contribution < -0.4 is 10.1 Å². The molecule has 37 heavy (non-hydrogen) atoms. The van der Waals surface area contributed by atoms with Gasteiger partial charge in [-0.05, 0) is 47.9 Å². The minimum absolute atomic E-state index is 0.128. The van der Waals surface area contributed by atoms with E-state index in [1.165, 1.54) is 12.1 Å². The van der Waals surface area contributed by atoms with Crippen molar-refractivity contribution in [3.63, 3.8) is 0 Å². The lowest BCUT2D eigenvalue weighted by molar-refractivity contribution is -0.122. The number of aromatic nitrogens is 2. The van der Waals surface area contributed by atoms with Gasteiger partial charge in [-0.2, -0.15) is 0 Å². The zero-order chi connectivity index (χ0) is 25.6. The summed E-state index contributed by atoms with van der Waals surface area (Å²) < 4.78 is 22.2. The van der Waals surface area contributed by atoms with E-state index in [-0.39, 0.29) is 24.2 Å². The van der Waals surface area contributed by atoms with E-state index in [9.17, 15) is 9.18 Å². The minimum Gasteiger partial charge on any atom is -0.485 e. The number of nitrogens with one attached hydrogen (secondary N) is 1. The van der Waals surface area contributed by atoms with E-state index in [4.69, 9.17) is 4.74 Å². The Morgan fingerprint density at radius 3 is 2.43 bits per heavy atom. The van der Waals surface area contributed by atoms with Crippen LogP contribution >= 0.6 is 0 Å². The van der Waals surface area contributed by atoms with Crippen LogP contribution in [0.3, 0.4) is 0 Å². The van der Waals surface area contributed by atoms with Gasteiger partial charge < -0.3 is 14.5 Å². The van der Waals surface area contributed by atoms with Crippen molar-refractivity contribution in [3.8, 4) is 5.75 Å². The fourth-order valence-electron chi connectivity index (χ4n) is 4.54. The number of rotatable bonds is 9. The molecule has 0 saturated carbocycles. The number of amides is 1. The summed E-state index contributed by atoms with van der Waals surface area (Å²) >= 11 is 0. The Hall–Kier alpha value is -4.45. The molecule has 0 aliphatic rings. The Labute approximate surface area is 215 Å². The average Bonchev–Trinajstić information content (AvgIpc) is 3.36. The van der Waals surface area contributed by atoms with Gasteiger partial charge in [0.15, 0.2) is 11.4 Å². The number of hydrogen-bond donors (Lipinski definition) is 1. The van der Waals surface area contributed by atoms with E-state index in [0.29, 0.717) is 23.6 Å². The van der Waals surface area contributed by atoms with Crippen LogP contribution in [-0.2, 0) is 11.4 Å². The standard InChI is InChI=1S/C31H28FN3O2/c1-22(24-12-6-3-7-13-24)34-30(36)19-27(25-14-8-15-26(32)18-25)28-20-33-31-29(16-9-17-35(28)31)37-21-23-10-4-2-5-11-23/h2-18,20,22,27H,19,21H2,1H3,(H,34,36)/t22-,27+/m1/s1. The molecule has 3 aromatic carbocycles. The Bertz CT molecular complexity index is 1480. The van der Waals surface area contributed by atoms with E-state index in [1.807, 2.05) is 96.4 Å². The minimum atomic E-state index is -0.405. The molecule has 0 unspecified atom stereocenters. The molecule has 5 nitrogen and oxygen atoms in total. The van der Waals surface area contributed by atoms with E-state index in [0.717, 1.165) is 16.8 Å². The summed E-state index contributed by atoms with van der Waals surface area (Å²) in [5, 5.41) is 3.08. The molecule has 2 heterocycles. The molecule has 2 atom stereocenters. The van der Waals surface area contributed by atoms with Crippen molar-refractivity contribution in [2.75, 3.05) is 0 Å². The Morgan fingerprint density at radius 2 is 1.68 bits per heavy atom. The third-order valence-corrected chi connectivity index (χ3v) is 6.44. The van der Waals surface area contributed by atoms with Crippen LogP contribution in [0.2, 0.25) is 0 Å². The van der Waals surface area contributed by atoms with E-state index in [2.05, 4.69) is 10.3 Å². The lowest BCUT2D eigenvalue weighted by Gasteiger charge is -2.20. The van der Waals surface area contributed by atoms with Crippen molar-refractivity contribution in [1.29, 1.82) is 0 Å². The van der Waals surface area contributed by atoms with Crippen LogP contribution in [0.15, 0.2) is 109 Å². The molecule has 1 N–H and O–H groups in total. The van der Waals surface area contributed by atoms with Crippen molar-refractivity contribution in [3.05, 3.63) is 138 Å². The topological polar surface area (TPSA) is 55.6 Å². The molecule has 6 heteroatoms. The number of nitrogens with zero attached hydrogens (tertiary/aromatic N) is 2. The van der Waals surface area contributed by atoms with Gasteiger partial charge >= 0.3 is 0 Å². The maximum absolute atomic E-state index is 14.2. The zero-order valence-corrected chi connectivity index (χ0v) is 20.6. The van der Waals surface area contributed by atoms with Gasteiger partial charge in [0.2, 0.25) is 5.91 Å². The largest absolute Gasteiger partial charge is 0.485 e.